The Morgan fingerprint density at radius 1 is 1.11 bits per heavy atom. The van der Waals surface area contributed by atoms with Gasteiger partial charge in [-0.1, -0.05) is 31.9 Å². The second-order valence-electron chi connectivity index (χ2n) is 9.28. The summed E-state index contributed by atoms with van der Waals surface area (Å²) in [5.41, 5.74) is 1.57. The molecule has 1 aromatic carbocycles. The maximum Gasteiger partial charge on any atom is 0.165 e. The number of rotatable bonds is 5. The SMILES string of the molecule is CC(C)CCC12CCC(c3nnc(-c4ccc(O)cc4Cl)n3C)(CC1)CC2. The average Bonchev–Trinajstić information content (AvgIpc) is 3.04. The molecule has 5 rings (SSSR count). The van der Waals surface area contributed by atoms with Crippen molar-refractivity contribution in [2.24, 2.45) is 18.4 Å². The van der Waals surface area contributed by atoms with E-state index in [1.807, 2.05) is 6.07 Å². The van der Waals surface area contributed by atoms with Crippen molar-refractivity contribution in [3.05, 3.63) is 29.0 Å². The first-order chi connectivity index (χ1) is 12.8. The first-order valence-electron chi connectivity index (χ1n) is 10.2. The Labute approximate surface area is 167 Å². The van der Waals surface area contributed by atoms with Crippen LogP contribution in [0.5, 0.6) is 5.75 Å². The van der Waals surface area contributed by atoms with E-state index < -0.39 is 0 Å². The number of aromatic nitrogens is 3. The van der Waals surface area contributed by atoms with Gasteiger partial charge in [-0.2, -0.15) is 0 Å². The van der Waals surface area contributed by atoms with Crippen molar-refractivity contribution in [1.82, 2.24) is 14.8 Å². The molecule has 1 heterocycles. The van der Waals surface area contributed by atoms with Crippen LogP contribution in [-0.4, -0.2) is 19.9 Å². The highest BCUT2D eigenvalue weighted by atomic mass is 35.5. The van der Waals surface area contributed by atoms with Crippen molar-refractivity contribution in [1.29, 1.82) is 0 Å². The van der Waals surface area contributed by atoms with Crippen LogP contribution < -0.4 is 0 Å². The van der Waals surface area contributed by atoms with Crippen LogP contribution >= 0.6 is 11.6 Å². The van der Waals surface area contributed by atoms with E-state index in [1.54, 1.807) is 12.1 Å². The standard InChI is InChI=1S/C22H30ClN3O/c1-15(2)6-7-21-8-11-22(12-9-21,13-10-21)20-25-24-19(26(20)3)17-5-4-16(27)14-18(17)23/h4-5,14-15,27H,6-13H2,1-3H3. The quantitative estimate of drug-likeness (QED) is 0.697. The summed E-state index contributed by atoms with van der Waals surface area (Å²) in [6.45, 7) is 4.67. The molecule has 0 spiro atoms. The minimum absolute atomic E-state index is 0.169. The molecule has 2 bridgehead atoms. The molecule has 2 aromatic rings. The lowest BCUT2D eigenvalue weighted by Crippen LogP contribution is -2.45. The van der Waals surface area contributed by atoms with E-state index in [1.165, 1.54) is 51.4 Å². The van der Waals surface area contributed by atoms with Crippen LogP contribution in [0, 0.1) is 11.3 Å². The first kappa shape index (κ1) is 18.8. The Kier molecular flexibility index (Phi) is 4.74. The monoisotopic (exact) mass is 387 g/mol. The Bertz CT molecular complexity index is 818. The molecule has 0 aliphatic heterocycles. The Morgan fingerprint density at radius 3 is 2.37 bits per heavy atom. The molecule has 4 nitrogen and oxygen atoms in total. The zero-order valence-electron chi connectivity index (χ0n) is 16.6. The van der Waals surface area contributed by atoms with E-state index in [0.29, 0.717) is 10.4 Å². The summed E-state index contributed by atoms with van der Waals surface area (Å²) >= 11 is 6.34. The van der Waals surface area contributed by atoms with Crippen molar-refractivity contribution >= 4 is 11.6 Å². The number of nitrogens with zero attached hydrogens (tertiary/aromatic N) is 3. The number of hydrogen-bond acceptors (Lipinski definition) is 3. The lowest BCUT2D eigenvalue weighted by atomic mass is 9.52. The van der Waals surface area contributed by atoms with Gasteiger partial charge in [0.05, 0.1) is 5.02 Å². The minimum Gasteiger partial charge on any atom is -0.508 e. The zero-order valence-corrected chi connectivity index (χ0v) is 17.4. The van der Waals surface area contributed by atoms with Gasteiger partial charge in [0.25, 0.3) is 0 Å². The highest BCUT2D eigenvalue weighted by Crippen LogP contribution is 2.59. The molecule has 146 valence electrons. The van der Waals surface area contributed by atoms with Gasteiger partial charge in [0, 0.05) is 18.0 Å². The molecule has 1 N–H and O–H groups in total. The predicted molar refractivity (Wildman–Crippen MR) is 109 cm³/mol. The Morgan fingerprint density at radius 2 is 1.78 bits per heavy atom. The normalized spacial score (nSPS) is 27.4. The van der Waals surface area contributed by atoms with E-state index >= 15 is 0 Å². The van der Waals surface area contributed by atoms with Crippen LogP contribution in [0.25, 0.3) is 11.4 Å². The van der Waals surface area contributed by atoms with Gasteiger partial charge in [0.15, 0.2) is 5.82 Å². The fourth-order valence-corrected chi connectivity index (χ4v) is 5.54. The fourth-order valence-electron chi connectivity index (χ4n) is 5.28. The number of phenolic OH excluding ortho intramolecular Hbond substituents is 1. The average molecular weight is 388 g/mol. The Hall–Kier alpha value is -1.55. The lowest BCUT2D eigenvalue weighted by molar-refractivity contribution is 0.0229. The molecule has 0 radical (unpaired) electrons. The van der Waals surface area contributed by atoms with E-state index in [9.17, 15) is 5.11 Å². The molecular weight excluding hydrogens is 358 g/mol. The molecule has 0 amide bonds. The van der Waals surface area contributed by atoms with E-state index in [2.05, 4.69) is 35.7 Å². The minimum atomic E-state index is 0.169. The number of benzene rings is 1. The molecule has 3 aliphatic carbocycles. The Balaban J connectivity index is 1.58. The third kappa shape index (κ3) is 3.26. The van der Waals surface area contributed by atoms with Gasteiger partial charge < -0.3 is 9.67 Å². The van der Waals surface area contributed by atoms with Crippen LogP contribution in [0.3, 0.4) is 0 Å². The smallest absolute Gasteiger partial charge is 0.165 e. The number of halogens is 1. The summed E-state index contributed by atoms with van der Waals surface area (Å²) in [5.74, 6) is 2.86. The number of hydrogen-bond donors (Lipinski definition) is 1. The summed E-state index contributed by atoms with van der Waals surface area (Å²) < 4.78 is 2.13. The molecule has 3 fully saturated rings. The van der Waals surface area contributed by atoms with Crippen LogP contribution in [0.1, 0.15) is 71.0 Å². The second kappa shape index (κ2) is 6.80. The van der Waals surface area contributed by atoms with Crippen LogP contribution in [0.2, 0.25) is 5.02 Å². The first-order valence-corrected chi connectivity index (χ1v) is 10.6. The number of phenols is 1. The fraction of sp³-hybridized carbons (Fsp3) is 0.636. The molecule has 3 aliphatic rings. The maximum atomic E-state index is 9.62. The van der Waals surface area contributed by atoms with Gasteiger partial charge in [-0.15, -0.1) is 10.2 Å². The van der Waals surface area contributed by atoms with Gasteiger partial charge in [0.2, 0.25) is 0 Å². The van der Waals surface area contributed by atoms with Crippen LogP contribution in [0.4, 0.5) is 0 Å². The maximum absolute atomic E-state index is 9.62. The summed E-state index contributed by atoms with van der Waals surface area (Å²) in [7, 11) is 2.05. The number of fused-ring (bicyclic) bond motifs is 3. The third-order valence-corrected chi connectivity index (χ3v) is 7.51. The highest BCUT2D eigenvalue weighted by Gasteiger charge is 2.51. The van der Waals surface area contributed by atoms with Gasteiger partial charge >= 0.3 is 0 Å². The van der Waals surface area contributed by atoms with E-state index in [4.69, 9.17) is 11.6 Å². The van der Waals surface area contributed by atoms with Crippen molar-refractivity contribution in [2.75, 3.05) is 0 Å². The van der Waals surface area contributed by atoms with Gasteiger partial charge in [-0.05, 0) is 74.5 Å². The molecule has 0 saturated heterocycles. The summed E-state index contributed by atoms with van der Waals surface area (Å²) in [5, 5.41) is 19.3. The van der Waals surface area contributed by atoms with Crippen LogP contribution in [-0.2, 0) is 12.5 Å². The molecule has 3 saturated carbocycles. The molecule has 5 heteroatoms. The van der Waals surface area contributed by atoms with Gasteiger partial charge in [-0.25, -0.2) is 0 Å². The van der Waals surface area contributed by atoms with Gasteiger partial charge in [-0.3, -0.25) is 0 Å². The van der Waals surface area contributed by atoms with Crippen LogP contribution in [0.15, 0.2) is 18.2 Å². The van der Waals surface area contributed by atoms with Crippen molar-refractivity contribution in [3.8, 4) is 17.1 Å². The largest absolute Gasteiger partial charge is 0.508 e. The van der Waals surface area contributed by atoms with Crippen molar-refractivity contribution in [3.63, 3.8) is 0 Å². The zero-order chi connectivity index (χ0) is 19.2. The third-order valence-electron chi connectivity index (χ3n) is 7.20. The molecule has 1 aromatic heterocycles. The second-order valence-corrected chi connectivity index (χ2v) is 9.69. The van der Waals surface area contributed by atoms with Crippen molar-refractivity contribution < 1.29 is 5.11 Å². The summed E-state index contributed by atoms with van der Waals surface area (Å²) in [6, 6.07) is 5.04. The summed E-state index contributed by atoms with van der Waals surface area (Å²) in [6.07, 6.45) is 10.4. The molecule has 0 atom stereocenters. The van der Waals surface area contributed by atoms with E-state index in [-0.39, 0.29) is 11.2 Å². The van der Waals surface area contributed by atoms with Crippen molar-refractivity contribution in [2.45, 2.75) is 70.6 Å². The van der Waals surface area contributed by atoms with E-state index in [0.717, 1.165) is 23.1 Å². The topological polar surface area (TPSA) is 50.9 Å². The lowest BCUT2D eigenvalue weighted by Gasteiger charge is -2.53. The highest BCUT2D eigenvalue weighted by molar-refractivity contribution is 6.33. The molecule has 0 unspecified atom stereocenters. The molecule has 27 heavy (non-hydrogen) atoms. The van der Waals surface area contributed by atoms with Gasteiger partial charge in [0.1, 0.15) is 11.6 Å². The molecular formula is C22H30ClN3O. The predicted octanol–water partition coefficient (Wildman–Crippen LogP) is 5.87. The number of aromatic hydroxyl groups is 1. The summed E-state index contributed by atoms with van der Waals surface area (Å²) in [4.78, 5) is 0.